The molecular formula is C11H11F6NO2. The molecule has 0 heterocycles. The van der Waals surface area contributed by atoms with Crippen LogP contribution in [0.2, 0.25) is 0 Å². The molecule has 0 aliphatic rings. The summed E-state index contributed by atoms with van der Waals surface area (Å²) in [7, 11) is 0. The second-order valence-electron chi connectivity index (χ2n) is 3.86. The molecule has 0 spiro atoms. The maximum Gasteiger partial charge on any atom is 0.573 e. The van der Waals surface area contributed by atoms with E-state index in [0.717, 1.165) is 12.1 Å². The van der Waals surface area contributed by atoms with Crippen LogP contribution >= 0.6 is 0 Å². The van der Waals surface area contributed by atoms with Crippen LogP contribution in [0.3, 0.4) is 0 Å². The topological polar surface area (TPSA) is 44.5 Å². The van der Waals surface area contributed by atoms with Crippen molar-refractivity contribution in [2.75, 3.05) is 13.2 Å². The van der Waals surface area contributed by atoms with Crippen LogP contribution < -0.4 is 10.5 Å². The molecule has 9 heteroatoms. The number of hydrogen-bond donors (Lipinski definition) is 1. The average molecular weight is 303 g/mol. The second-order valence-corrected chi connectivity index (χ2v) is 3.86. The van der Waals surface area contributed by atoms with E-state index in [-0.39, 0.29) is 5.56 Å². The highest BCUT2D eigenvalue weighted by Crippen LogP contribution is 2.25. The van der Waals surface area contributed by atoms with Gasteiger partial charge in [-0.1, -0.05) is 12.1 Å². The fourth-order valence-corrected chi connectivity index (χ4v) is 1.34. The normalized spacial score (nSPS) is 14.2. The van der Waals surface area contributed by atoms with Crippen LogP contribution in [0, 0.1) is 0 Å². The average Bonchev–Trinajstić information content (AvgIpc) is 2.25. The van der Waals surface area contributed by atoms with Gasteiger partial charge in [-0.3, -0.25) is 0 Å². The van der Waals surface area contributed by atoms with E-state index in [1.54, 1.807) is 0 Å². The van der Waals surface area contributed by atoms with E-state index in [1.165, 1.54) is 12.1 Å². The molecule has 3 nitrogen and oxygen atoms in total. The van der Waals surface area contributed by atoms with E-state index in [4.69, 9.17) is 5.73 Å². The van der Waals surface area contributed by atoms with Gasteiger partial charge in [0, 0.05) is 0 Å². The van der Waals surface area contributed by atoms with Crippen molar-refractivity contribution in [2.24, 2.45) is 5.73 Å². The number of halogens is 6. The molecule has 1 atom stereocenters. The molecule has 0 fully saturated rings. The first-order valence-electron chi connectivity index (χ1n) is 5.32. The Balaban J connectivity index is 2.60. The van der Waals surface area contributed by atoms with E-state index >= 15 is 0 Å². The minimum Gasteiger partial charge on any atom is -0.406 e. The van der Waals surface area contributed by atoms with Crippen LogP contribution in [0.5, 0.6) is 5.75 Å². The van der Waals surface area contributed by atoms with E-state index < -0.39 is 37.5 Å². The van der Waals surface area contributed by atoms with Crippen LogP contribution in [-0.4, -0.2) is 25.8 Å². The van der Waals surface area contributed by atoms with Gasteiger partial charge in [0.2, 0.25) is 0 Å². The van der Waals surface area contributed by atoms with Crippen molar-refractivity contribution in [1.29, 1.82) is 0 Å². The third-order valence-electron chi connectivity index (χ3n) is 2.08. The van der Waals surface area contributed by atoms with Crippen molar-refractivity contribution < 1.29 is 35.8 Å². The molecule has 0 amide bonds. The van der Waals surface area contributed by atoms with Crippen LogP contribution in [0.1, 0.15) is 11.6 Å². The Morgan fingerprint density at radius 3 is 2.30 bits per heavy atom. The number of ether oxygens (including phenoxy) is 2. The first-order valence-corrected chi connectivity index (χ1v) is 5.32. The predicted molar refractivity (Wildman–Crippen MR) is 56.9 cm³/mol. The molecule has 1 rings (SSSR count). The maximum atomic E-state index is 12.0. The van der Waals surface area contributed by atoms with Gasteiger partial charge in [0.05, 0.1) is 12.6 Å². The standard InChI is InChI=1S/C11H11F6NO2/c12-10(13,14)6-19-5-9(18)7-2-1-3-8(4-7)20-11(15,16)17/h1-4,9H,5-6,18H2. The van der Waals surface area contributed by atoms with E-state index in [1.807, 2.05) is 0 Å². The summed E-state index contributed by atoms with van der Waals surface area (Å²) in [5, 5.41) is 0. The highest BCUT2D eigenvalue weighted by Gasteiger charge is 2.31. The predicted octanol–water partition coefficient (Wildman–Crippen LogP) is 3.16. The van der Waals surface area contributed by atoms with Gasteiger partial charge < -0.3 is 15.2 Å². The Bertz CT molecular complexity index is 432. The van der Waals surface area contributed by atoms with Gasteiger partial charge in [0.1, 0.15) is 12.4 Å². The summed E-state index contributed by atoms with van der Waals surface area (Å²) < 4.78 is 79.6. The zero-order valence-corrected chi connectivity index (χ0v) is 9.96. The lowest BCUT2D eigenvalue weighted by Crippen LogP contribution is -2.23. The smallest absolute Gasteiger partial charge is 0.406 e. The molecule has 0 aliphatic carbocycles. The summed E-state index contributed by atoms with van der Waals surface area (Å²) in [4.78, 5) is 0. The molecule has 1 aromatic rings. The fraction of sp³-hybridized carbons (Fsp3) is 0.455. The molecule has 0 bridgehead atoms. The highest BCUT2D eigenvalue weighted by atomic mass is 19.4. The lowest BCUT2D eigenvalue weighted by molar-refractivity contribution is -0.274. The molecule has 114 valence electrons. The molecule has 20 heavy (non-hydrogen) atoms. The van der Waals surface area contributed by atoms with Gasteiger partial charge in [-0.15, -0.1) is 13.2 Å². The molecule has 0 aromatic heterocycles. The summed E-state index contributed by atoms with van der Waals surface area (Å²) in [5.41, 5.74) is 5.70. The van der Waals surface area contributed by atoms with E-state index in [0.29, 0.717) is 0 Å². The number of hydrogen-bond acceptors (Lipinski definition) is 3. The number of alkyl halides is 6. The summed E-state index contributed by atoms with van der Waals surface area (Å²) >= 11 is 0. The Morgan fingerprint density at radius 2 is 1.75 bits per heavy atom. The van der Waals surface area contributed by atoms with E-state index in [2.05, 4.69) is 9.47 Å². The van der Waals surface area contributed by atoms with Gasteiger partial charge in [-0.2, -0.15) is 13.2 Å². The van der Waals surface area contributed by atoms with Crippen LogP contribution in [0.4, 0.5) is 26.3 Å². The maximum absolute atomic E-state index is 12.0. The van der Waals surface area contributed by atoms with Crippen LogP contribution in [0.15, 0.2) is 24.3 Å². The van der Waals surface area contributed by atoms with Crippen LogP contribution in [-0.2, 0) is 4.74 Å². The van der Waals surface area contributed by atoms with Gasteiger partial charge in [0.15, 0.2) is 0 Å². The largest absolute Gasteiger partial charge is 0.573 e. The zero-order chi connectivity index (χ0) is 15.4. The first-order chi connectivity index (χ1) is 9.07. The summed E-state index contributed by atoms with van der Waals surface area (Å²) in [6.07, 6.45) is -9.34. The number of benzene rings is 1. The molecule has 0 radical (unpaired) electrons. The van der Waals surface area contributed by atoms with Gasteiger partial charge >= 0.3 is 12.5 Å². The molecule has 2 N–H and O–H groups in total. The summed E-state index contributed by atoms with van der Waals surface area (Å²) in [5.74, 6) is -0.499. The van der Waals surface area contributed by atoms with Crippen molar-refractivity contribution in [3.8, 4) is 5.75 Å². The Morgan fingerprint density at radius 1 is 1.10 bits per heavy atom. The Kier molecular flexibility index (Phi) is 5.23. The van der Waals surface area contributed by atoms with Crippen molar-refractivity contribution in [2.45, 2.75) is 18.6 Å². The first kappa shape index (κ1) is 16.6. The summed E-state index contributed by atoms with van der Waals surface area (Å²) in [6.45, 7) is -1.95. The SMILES string of the molecule is NC(COCC(F)(F)F)c1cccc(OC(F)(F)F)c1. The molecule has 1 aromatic carbocycles. The van der Waals surface area contributed by atoms with Crippen molar-refractivity contribution in [3.63, 3.8) is 0 Å². The minimum absolute atomic E-state index is 0.175. The van der Waals surface area contributed by atoms with Crippen molar-refractivity contribution in [3.05, 3.63) is 29.8 Å². The number of nitrogens with two attached hydrogens (primary N) is 1. The molecule has 1 unspecified atom stereocenters. The van der Waals surface area contributed by atoms with E-state index in [9.17, 15) is 26.3 Å². The third kappa shape index (κ3) is 6.62. The second kappa shape index (κ2) is 6.31. The molecule has 0 saturated carbocycles. The highest BCUT2D eigenvalue weighted by molar-refractivity contribution is 5.30. The summed E-state index contributed by atoms with van der Waals surface area (Å²) in [6, 6.07) is 3.68. The monoisotopic (exact) mass is 303 g/mol. The lowest BCUT2D eigenvalue weighted by Gasteiger charge is -2.15. The Labute approximate surface area is 110 Å². The quantitative estimate of drug-likeness (QED) is 0.850. The van der Waals surface area contributed by atoms with Crippen molar-refractivity contribution >= 4 is 0 Å². The Hall–Kier alpha value is -1.48. The van der Waals surface area contributed by atoms with Gasteiger partial charge in [-0.05, 0) is 17.7 Å². The molecular weight excluding hydrogens is 292 g/mol. The zero-order valence-electron chi connectivity index (χ0n) is 9.96. The van der Waals surface area contributed by atoms with Gasteiger partial charge in [-0.25, -0.2) is 0 Å². The number of rotatable bonds is 5. The molecule has 0 saturated heterocycles. The van der Waals surface area contributed by atoms with Crippen LogP contribution in [0.25, 0.3) is 0 Å². The third-order valence-corrected chi connectivity index (χ3v) is 2.08. The molecule has 0 aliphatic heterocycles. The minimum atomic E-state index is -4.85. The van der Waals surface area contributed by atoms with Crippen molar-refractivity contribution in [1.82, 2.24) is 0 Å². The van der Waals surface area contributed by atoms with Gasteiger partial charge in [0.25, 0.3) is 0 Å². The fourth-order valence-electron chi connectivity index (χ4n) is 1.34. The lowest BCUT2D eigenvalue weighted by atomic mass is 10.1.